The van der Waals surface area contributed by atoms with Crippen LogP contribution < -0.4 is 0 Å². The van der Waals surface area contributed by atoms with Gasteiger partial charge in [0.2, 0.25) is 0 Å². The Balaban J connectivity index is 3.54. The molecular formula is CBr2F3N. The highest BCUT2D eigenvalue weighted by atomic mass is 79.9. The van der Waals surface area contributed by atoms with Gasteiger partial charge in [0, 0.05) is 32.3 Å². The van der Waals surface area contributed by atoms with Crippen LogP contribution in [0.15, 0.2) is 0 Å². The molecule has 0 N–H and O–H groups in total. The zero-order chi connectivity index (χ0) is 6.08. The maximum Gasteiger partial charge on any atom is 0.479 e. The molecule has 0 rings (SSSR count). The molecule has 44 valence electrons. The van der Waals surface area contributed by atoms with Gasteiger partial charge in [-0.05, 0) is 0 Å². The topological polar surface area (TPSA) is 3.24 Å². The fourth-order valence-corrected chi connectivity index (χ4v) is 0. The second kappa shape index (κ2) is 2.32. The number of nitrogens with zero attached hydrogens (tertiary/aromatic N) is 1. The Kier molecular flexibility index (Phi) is 2.56. The first-order chi connectivity index (χ1) is 2.94. The van der Waals surface area contributed by atoms with Crippen LogP contribution in [0.2, 0.25) is 0 Å². The summed E-state index contributed by atoms with van der Waals surface area (Å²) in [6.07, 6.45) is -4.33. The molecular weight excluding hydrogens is 243 g/mol. The smallest absolute Gasteiger partial charge is 0.154 e. The normalized spacial score (nSPS) is 12.9. The van der Waals surface area contributed by atoms with Crippen LogP contribution >= 0.6 is 32.3 Å². The lowest BCUT2D eigenvalue weighted by molar-refractivity contribution is -0.170. The summed E-state index contributed by atoms with van der Waals surface area (Å²) in [5, 5.41) is 0. The second-order valence-electron chi connectivity index (χ2n) is 0.701. The monoisotopic (exact) mass is 241 g/mol. The van der Waals surface area contributed by atoms with Crippen molar-refractivity contribution in [2.24, 2.45) is 0 Å². The molecule has 0 aliphatic carbocycles. The fraction of sp³-hybridized carbons (Fsp3) is 1.00. The van der Waals surface area contributed by atoms with Gasteiger partial charge in [0.05, 0.1) is 0 Å². The lowest BCUT2D eigenvalue weighted by Gasteiger charge is -2.06. The molecule has 0 spiro atoms. The lowest BCUT2D eigenvalue weighted by Crippen LogP contribution is -2.18. The predicted molar refractivity (Wildman–Crippen MR) is 25.7 cm³/mol. The number of halogens is 5. The quantitative estimate of drug-likeness (QED) is 0.466. The predicted octanol–water partition coefficient (Wildman–Crippen LogP) is 2.43. The van der Waals surface area contributed by atoms with Crippen molar-refractivity contribution in [2.45, 2.75) is 6.30 Å². The minimum atomic E-state index is -4.33. The number of alkyl halides is 3. The summed E-state index contributed by atoms with van der Waals surface area (Å²) >= 11 is 4.24. The highest BCUT2D eigenvalue weighted by molar-refractivity contribution is 9.21. The SMILES string of the molecule is FC(F)(F)N(Br)Br. The molecule has 7 heavy (non-hydrogen) atoms. The molecule has 0 aromatic carbocycles. The van der Waals surface area contributed by atoms with E-state index in [9.17, 15) is 13.2 Å². The van der Waals surface area contributed by atoms with Crippen LogP contribution in [-0.4, -0.2) is 9.25 Å². The molecule has 1 nitrogen and oxygen atoms in total. The first kappa shape index (κ1) is 7.71. The summed E-state index contributed by atoms with van der Waals surface area (Å²) in [6.45, 7) is 0. The van der Waals surface area contributed by atoms with Gasteiger partial charge in [-0.2, -0.15) is 13.2 Å². The van der Waals surface area contributed by atoms with Gasteiger partial charge in [0.1, 0.15) is 0 Å². The lowest BCUT2D eigenvalue weighted by atomic mass is 11.3. The highest BCUT2D eigenvalue weighted by Crippen LogP contribution is 2.27. The first-order valence-corrected chi connectivity index (χ1v) is 2.55. The molecule has 0 aromatic rings. The molecule has 0 radical (unpaired) electrons. The van der Waals surface area contributed by atoms with Crippen molar-refractivity contribution in [3.05, 3.63) is 0 Å². The zero-order valence-electron chi connectivity index (χ0n) is 2.84. The van der Waals surface area contributed by atoms with E-state index >= 15 is 0 Å². The molecule has 0 saturated heterocycles. The average Bonchev–Trinajstić information content (AvgIpc) is 1.31. The van der Waals surface area contributed by atoms with E-state index in [0.29, 0.717) is 0 Å². The van der Waals surface area contributed by atoms with Crippen LogP contribution in [0, 0.1) is 0 Å². The Bertz CT molecular complexity index is 58.4. The van der Waals surface area contributed by atoms with Crippen molar-refractivity contribution in [3.63, 3.8) is 0 Å². The van der Waals surface area contributed by atoms with E-state index in [1.807, 2.05) is 0 Å². The van der Waals surface area contributed by atoms with Crippen LogP contribution in [0.5, 0.6) is 0 Å². The van der Waals surface area contributed by atoms with Crippen LogP contribution in [0.1, 0.15) is 0 Å². The Morgan fingerprint density at radius 1 is 1.14 bits per heavy atom. The Morgan fingerprint density at radius 2 is 1.29 bits per heavy atom. The summed E-state index contributed by atoms with van der Waals surface area (Å²) in [5.74, 6) is 0. The molecule has 0 aliphatic heterocycles. The fourth-order valence-electron chi connectivity index (χ4n) is 0. The maximum atomic E-state index is 11.0. The number of hydrogen-bond acceptors (Lipinski definition) is 1. The summed E-state index contributed by atoms with van der Waals surface area (Å²) in [5.41, 5.74) is 0. The van der Waals surface area contributed by atoms with Gasteiger partial charge in [-0.15, -0.1) is 0 Å². The summed E-state index contributed by atoms with van der Waals surface area (Å²) in [4.78, 5) is 0. The Morgan fingerprint density at radius 3 is 1.29 bits per heavy atom. The maximum absolute atomic E-state index is 11.0. The molecule has 0 aromatic heterocycles. The van der Waals surface area contributed by atoms with Crippen molar-refractivity contribution in [1.29, 1.82) is 0 Å². The zero-order valence-corrected chi connectivity index (χ0v) is 6.01. The third kappa shape index (κ3) is 3.31. The molecule has 0 saturated carbocycles. The van der Waals surface area contributed by atoms with E-state index in [1.165, 1.54) is 0 Å². The second-order valence-corrected chi connectivity index (χ2v) is 3.07. The Labute approximate surface area is 55.2 Å². The molecule has 0 heterocycles. The highest BCUT2D eigenvalue weighted by Gasteiger charge is 2.34. The van der Waals surface area contributed by atoms with Crippen molar-refractivity contribution < 1.29 is 13.2 Å². The van der Waals surface area contributed by atoms with Gasteiger partial charge in [-0.3, -0.25) is 0 Å². The van der Waals surface area contributed by atoms with Crippen LogP contribution in [0.3, 0.4) is 0 Å². The van der Waals surface area contributed by atoms with Gasteiger partial charge in [-0.25, -0.2) is 0 Å². The van der Waals surface area contributed by atoms with E-state index in [4.69, 9.17) is 0 Å². The third-order valence-corrected chi connectivity index (χ3v) is 0.996. The van der Waals surface area contributed by atoms with Crippen molar-refractivity contribution >= 4 is 32.3 Å². The van der Waals surface area contributed by atoms with E-state index in [1.54, 1.807) is 0 Å². The van der Waals surface area contributed by atoms with Crippen molar-refractivity contribution in [1.82, 2.24) is 2.95 Å². The summed E-state index contributed by atoms with van der Waals surface area (Å²) in [7, 11) is 0. The minimum Gasteiger partial charge on any atom is -0.154 e. The first-order valence-electron chi connectivity index (χ1n) is 1.13. The molecule has 6 heteroatoms. The van der Waals surface area contributed by atoms with Crippen LogP contribution in [0.25, 0.3) is 0 Å². The van der Waals surface area contributed by atoms with E-state index in [0.717, 1.165) is 0 Å². The standard InChI is InChI=1S/CBr2F3N/c2-7(3)1(4,5)6. The van der Waals surface area contributed by atoms with Crippen LogP contribution in [0.4, 0.5) is 13.2 Å². The number of hydrogen-bond donors (Lipinski definition) is 0. The van der Waals surface area contributed by atoms with Gasteiger partial charge < -0.3 is 0 Å². The van der Waals surface area contributed by atoms with Gasteiger partial charge in [0.15, 0.2) is 0 Å². The number of rotatable bonds is 0. The largest absolute Gasteiger partial charge is 0.479 e. The van der Waals surface area contributed by atoms with E-state index in [2.05, 4.69) is 32.3 Å². The van der Waals surface area contributed by atoms with Crippen molar-refractivity contribution in [2.75, 3.05) is 0 Å². The van der Waals surface area contributed by atoms with E-state index in [-0.39, 0.29) is 2.95 Å². The average molecular weight is 243 g/mol. The van der Waals surface area contributed by atoms with Gasteiger partial charge in [-0.1, -0.05) is 2.95 Å². The summed E-state index contributed by atoms with van der Waals surface area (Å²) in [6, 6.07) is 0. The molecule has 0 amide bonds. The molecule has 0 fully saturated rings. The minimum absolute atomic E-state index is 0.188. The van der Waals surface area contributed by atoms with Crippen LogP contribution in [-0.2, 0) is 0 Å². The molecule has 0 unspecified atom stereocenters. The Hall–Kier alpha value is 0.710. The van der Waals surface area contributed by atoms with Gasteiger partial charge in [0.25, 0.3) is 0 Å². The van der Waals surface area contributed by atoms with Crippen molar-refractivity contribution in [3.8, 4) is 0 Å². The third-order valence-electron chi connectivity index (χ3n) is 0.192. The van der Waals surface area contributed by atoms with E-state index < -0.39 is 6.30 Å². The molecule has 0 atom stereocenters. The molecule has 0 aliphatic rings. The summed E-state index contributed by atoms with van der Waals surface area (Å²) < 4.78 is 32.8. The van der Waals surface area contributed by atoms with Gasteiger partial charge >= 0.3 is 6.30 Å². The molecule has 0 bridgehead atoms.